The second-order valence-corrected chi connectivity index (χ2v) is 5.29. The Morgan fingerprint density at radius 2 is 1.53 bits per heavy atom. The average Bonchev–Trinajstić information content (AvgIpc) is 3.07. The van der Waals surface area contributed by atoms with E-state index >= 15 is 0 Å². The van der Waals surface area contributed by atoms with Crippen molar-refractivity contribution in [3.05, 3.63) is 35.8 Å². The molecule has 0 radical (unpaired) electrons. The van der Waals surface area contributed by atoms with Crippen LogP contribution in [0.3, 0.4) is 0 Å². The molecular weight excluding hydrogens is 206 g/mol. The predicted octanol–water partition coefficient (Wildman–Crippen LogP) is 3.94. The summed E-state index contributed by atoms with van der Waals surface area (Å²) in [5.74, 6) is 0. The highest BCUT2D eigenvalue weighted by Crippen LogP contribution is 2.43. The third-order valence-electron chi connectivity index (χ3n) is 4.36. The molecule has 1 nitrogen and oxygen atoms in total. The van der Waals surface area contributed by atoms with Gasteiger partial charge in [-0.2, -0.15) is 0 Å². The Morgan fingerprint density at radius 1 is 0.882 bits per heavy atom. The van der Waals surface area contributed by atoms with Crippen LogP contribution in [0, 0.1) is 0 Å². The van der Waals surface area contributed by atoms with Crippen molar-refractivity contribution < 1.29 is 6.85 Å². The van der Waals surface area contributed by atoms with Crippen molar-refractivity contribution in [1.82, 2.24) is 4.90 Å². The van der Waals surface area contributed by atoms with Crippen molar-refractivity contribution in [3.63, 3.8) is 0 Å². The third-order valence-corrected chi connectivity index (χ3v) is 4.36. The molecule has 1 heterocycles. The molecule has 0 N–H and O–H groups in total. The highest BCUT2D eigenvalue weighted by atomic mass is 15.2. The smallest absolute Gasteiger partial charge is 0.0626 e. The molecule has 92 valence electrons. The molecule has 1 aliphatic carbocycles. The maximum Gasteiger partial charge on any atom is 0.0626 e. The van der Waals surface area contributed by atoms with Gasteiger partial charge < -0.3 is 0 Å². The molecule has 1 aromatic rings. The van der Waals surface area contributed by atoms with E-state index < -0.39 is 0 Å². The van der Waals surface area contributed by atoms with Crippen LogP contribution in [0.4, 0.5) is 0 Å². The summed E-state index contributed by atoms with van der Waals surface area (Å²) in [7, 11) is 0. The molecule has 0 atom stereocenters. The van der Waals surface area contributed by atoms with Crippen molar-refractivity contribution in [2.75, 3.05) is 13.1 Å². The highest BCUT2D eigenvalue weighted by Gasteiger charge is 2.40. The van der Waals surface area contributed by atoms with E-state index in [0.717, 1.165) is 51.6 Å². The molecule has 17 heavy (non-hydrogen) atoms. The van der Waals surface area contributed by atoms with Crippen LogP contribution in [0.25, 0.3) is 0 Å². The first-order chi connectivity index (χ1) is 10.5. The summed E-state index contributed by atoms with van der Waals surface area (Å²) in [6.45, 7) is 1.95. The van der Waals surface area contributed by atoms with Crippen molar-refractivity contribution in [2.45, 2.75) is 50.5 Å². The van der Waals surface area contributed by atoms with Crippen LogP contribution in [0.2, 0.25) is 0 Å². The lowest BCUT2D eigenvalue weighted by atomic mass is 9.75. The zero-order valence-electron chi connectivity index (χ0n) is 15.3. The lowest BCUT2D eigenvalue weighted by molar-refractivity contribution is 0.0706. The second kappa shape index (κ2) is 4.81. The zero-order valence-corrected chi connectivity index (χ0v) is 10.3. The van der Waals surface area contributed by atoms with E-state index in [-0.39, 0.29) is 35.8 Å². The molecule has 1 heteroatoms. The molecule has 2 fully saturated rings. The quantitative estimate of drug-likeness (QED) is 0.749. The summed E-state index contributed by atoms with van der Waals surface area (Å²) in [6, 6.07) is -0.675. The van der Waals surface area contributed by atoms with Gasteiger partial charge in [0.05, 0.1) is 6.85 Å². The fraction of sp³-hybridized carbons (Fsp3) is 0.625. The lowest BCUT2D eigenvalue weighted by Crippen LogP contribution is -2.45. The predicted molar refractivity (Wildman–Crippen MR) is 72.0 cm³/mol. The minimum atomic E-state index is -0.359. The Morgan fingerprint density at radius 3 is 2.18 bits per heavy atom. The molecule has 3 rings (SSSR count). The van der Waals surface area contributed by atoms with Crippen LogP contribution in [-0.2, 0) is 5.54 Å². The monoisotopic (exact) mass is 234 g/mol. The first kappa shape index (κ1) is 6.94. The van der Waals surface area contributed by atoms with Gasteiger partial charge in [0, 0.05) is 5.54 Å². The standard InChI is InChI=1S/C16H23N/c1-3-9-15(10-4-1)16(11-5-2-6-12-16)17-13-7-8-14-17/h1,3-4,9-10H,2,5-8,11-14H2/i1D,3D,4D,9D,10D. The number of likely N-dealkylation sites (tertiary alicyclic amines) is 1. The first-order valence-corrected chi connectivity index (χ1v) is 6.81. The summed E-state index contributed by atoms with van der Waals surface area (Å²) < 4.78 is 40.5. The van der Waals surface area contributed by atoms with Gasteiger partial charge in [-0.05, 0) is 44.3 Å². The van der Waals surface area contributed by atoms with E-state index in [1.165, 1.54) is 6.42 Å². The molecule has 0 spiro atoms. The Kier molecular flexibility index (Phi) is 1.96. The Labute approximate surface area is 112 Å². The van der Waals surface area contributed by atoms with E-state index in [9.17, 15) is 0 Å². The molecule has 1 saturated carbocycles. The van der Waals surface area contributed by atoms with E-state index in [2.05, 4.69) is 4.90 Å². The van der Waals surface area contributed by atoms with Crippen LogP contribution in [-0.4, -0.2) is 18.0 Å². The minimum absolute atomic E-state index is 0.000185. The lowest BCUT2D eigenvalue weighted by Gasteiger charge is -2.45. The fourth-order valence-electron chi connectivity index (χ4n) is 3.49. The summed E-state index contributed by atoms with van der Waals surface area (Å²) in [6.07, 6.45) is 7.40. The fourth-order valence-corrected chi connectivity index (χ4v) is 3.49. The van der Waals surface area contributed by atoms with Crippen molar-refractivity contribution in [1.29, 1.82) is 0 Å². The van der Waals surface area contributed by atoms with Crippen molar-refractivity contribution in [3.8, 4) is 0 Å². The summed E-state index contributed by atoms with van der Waals surface area (Å²) in [5, 5.41) is 0. The van der Waals surface area contributed by atoms with E-state index in [4.69, 9.17) is 6.85 Å². The molecule has 1 aliphatic heterocycles. The zero-order chi connectivity index (χ0) is 15.9. The number of hydrogen-bond donors (Lipinski definition) is 0. The number of nitrogens with zero attached hydrogens (tertiary/aromatic N) is 1. The van der Waals surface area contributed by atoms with Crippen LogP contribution >= 0.6 is 0 Å². The molecular formula is C16H23N. The molecule has 2 aliphatic rings. The normalized spacial score (nSPS) is 29.1. The minimum Gasteiger partial charge on any atom is -0.294 e. The van der Waals surface area contributed by atoms with Gasteiger partial charge in [-0.3, -0.25) is 4.90 Å². The molecule has 1 aromatic carbocycles. The van der Waals surface area contributed by atoms with Gasteiger partial charge in [0.1, 0.15) is 0 Å². The first-order valence-electron chi connectivity index (χ1n) is 9.31. The van der Waals surface area contributed by atoms with Crippen molar-refractivity contribution >= 4 is 0 Å². The van der Waals surface area contributed by atoms with Gasteiger partial charge in [-0.25, -0.2) is 0 Å². The Hall–Kier alpha value is -0.820. The third kappa shape index (κ3) is 2.01. The Balaban J connectivity index is 2.20. The highest BCUT2D eigenvalue weighted by molar-refractivity contribution is 5.25. The molecule has 1 saturated heterocycles. The number of rotatable bonds is 2. The molecule has 0 amide bonds. The van der Waals surface area contributed by atoms with Gasteiger partial charge in [-0.1, -0.05) is 49.5 Å². The van der Waals surface area contributed by atoms with Crippen LogP contribution in [0.5, 0.6) is 0 Å². The molecule has 0 aromatic heterocycles. The topological polar surface area (TPSA) is 3.24 Å². The summed E-state index contributed by atoms with van der Waals surface area (Å²) >= 11 is 0. The molecule has 0 unspecified atom stereocenters. The van der Waals surface area contributed by atoms with Crippen LogP contribution in [0.15, 0.2) is 30.2 Å². The van der Waals surface area contributed by atoms with E-state index in [1.54, 1.807) is 0 Å². The van der Waals surface area contributed by atoms with Crippen LogP contribution in [0.1, 0.15) is 57.4 Å². The average molecular weight is 234 g/mol. The van der Waals surface area contributed by atoms with Gasteiger partial charge in [-0.15, -0.1) is 0 Å². The van der Waals surface area contributed by atoms with Gasteiger partial charge >= 0.3 is 0 Å². The van der Waals surface area contributed by atoms with Gasteiger partial charge in [0.2, 0.25) is 0 Å². The van der Waals surface area contributed by atoms with Gasteiger partial charge in [0.25, 0.3) is 0 Å². The summed E-state index contributed by atoms with van der Waals surface area (Å²) in [4.78, 5) is 2.39. The maximum absolute atomic E-state index is 8.36. The SMILES string of the molecule is [2H]c1c([2H])c([2H])c(C2(N3CCCC3)CCCCC2)c([2H])c1[2H]. The maximum atomic E-state index is 8.36. The van der Waals surface area contributed by atoms with Crippen molar-refractivity contribution in [2.24, 2.45) is 0 Å². The number of hydrogen-bond acceptors (Lipinski definition) is 1. The largest absolute Gasteiger partial charge is 0.294 e. The number of benzene rings is 1. The van der Waals surface area contributed by atoms with E-state index in [1.807, 2.05) is 0 Å². The van der Waals surface area contributed by atoms with Crippen LogP contribution < -0.4 is 0 Å². The molecule has 0 bridgehead atoms. The second-order valence-electron chi connectivity index (χ2n) is 5.29. The van der Waals surface area contributed by atoms with E-state index in [0.29, 0.717) is 5.56 Å². The van der Waals surface area contributed by atoms with Gasteiger partial charge in [0.15, 0.2) is 0 Å². The summed E-state index contributed by atoms with van der Waals surface area (Å²) in [5.41, 5.74) is 0.183. The Bertz CT molecular complexity index is 545.